The molecule has 1 heterocycles. The minimum atomic E-state index is -0.949. The molecule has 0 aliphatic carbocycles. The van der Waals surface area contributed by atoms with Crippen LogP contribution in [0.1, 0.15) is 23.1 Å². The summed E-state index contributed by atoms with van der Waals surface area (Å²) in [5.74, 6) is 0.803. The second-order valence-corrected chi connectivity index (χ2v) is 5.39. The molecule has 0 spiro atoms. The summed E-state index contributed by atoms with van der Waals surface area (Å²) in [5.41, 5.74) is -0.748. The Bertz CT molecular complexity index is 463. The number of anilines is 1. The Labute approximate surface area is 117 Å². The third-order valence-corrected chi connectivity index (χ3v) is 2.71. The van der Waals surface area contributed by atoms with Crippen LogP contribution in [0.2, 0.25) is 5.15 Å². The van der Waals surface area contributed by atoms with Crippen molar-refractivity contribution in [3.8, 4) is 0 Å². The highest BCUT2D eigenvalue weighted by molar-refractivity contribution is 6.32. The van der Waals surface area contributed by atoms with Gasteiger partial charge in [0.2, 0.25) is 0 Å². The smallest absolute Gasteiger partial charge is 0.156 e. The molecule has 0 aliphatic heterocycles. The number of nitrogens with zero attached hydrogens (tertiary/aromatic N) is 3. The Balaban J connectivity index is 2.85. The van der Waals surface area contributed by atoms with E-state index in [1.807, 2.05) is 19.0 Å². The van der Waals surface area contributed by atoms with Gasteiger partial charge in [0.15, 0.2) is 6.29 Å². The Morgan fingerprint density at radius 1 is 1.47 bits per heavy atom. The number of hydrogen-bond acceptors (Lipinski definition) is 6. The molecule has 1 aromatic heterocycles. The molecule has 0 fully saturated rings. The first-order valence-electron chi connectivity index (χ1n) is 5.85. The lowest BCUT2D eigenvalue weighted by Crippen LogP contribution is -2.43. The number of nitrogens with one attached hydrogen (secondary N) is 1. The van der Waals surface area contributed by atoms with Crippen LogP contribution in [-0.4, -0.2) is 59.0 Å². The fourth-order valence-corrected chi connectivity index (χ4v) is 2.05. The number of aliphatic hydroxyl groups is 1. The van der Waals surface area contributed by atoms with Crippen molar-refractivity contribution in [3.05, 3.63) is 16.5 Å². The van der Waals surface area contributed by atoms with Crippen molar-refractivity contribution < 1.29 is 9.90 Å². The van der Waals surface area contributed by atoms with Crippen LogP contribution in [0.5, 0.6) is 0 Å². The highest BCUT2D eigenvalue weighted by Crippen LogP contribution is 2.19. The maximum Gasteiger partial charge on any atom is 0.156 e. The number of halogens is 1. The summed E-state index contributed by atoms with van der Waals surface area (Å²) in [6.45, 7) is 4.12. The van der Waals surface area contributed by atoms with Gasteiger partial charge >= 0.3 is 0 Å². The van der Waals surface area contributed by atoms with Crippen LogP contribution < -0.4 is 5.32 Å². The molecule has 1 unspecified atom stereocenters. The topological polar surface area (TPSA) is 78.3 Å². The number of aryl methyl sites for hydroxylation is 1. The van der Waals surface area contributed by atoms with Gasteiger partial charge in [-0.1, -0.05) is 11.6 Å². The minimum Gasteiger partial charge on any atom is -0.387 e. The minimum absolute atomic E-state index is 0.109. The van der Waals surface area contributed by atoms with Crippen LogP contribution in [0, 0.1) is 6.92 Å². The molecule has 0 aromatic carbocycles. The zero-order valence-corrected chi connectivity index (χ0v) is 12.3. The maximum absolute atomic E-state index is 11.0. The van der Waals surface area contributed by atoms with E-state index in [-0.39, 0.29) is 17.3 Å². The summed E-state index contributed by atoms with van der Waals surface area (Å²) in [4.78, 5) is 20.9. The van der Waals surface area contributed by atoms with E-state index >= 15 is 0 Å². The van der Waals surface area contributed by atoms with E-state index in [1.54, 1.807) is 13.8 Å². The molecule has 1 rings (SSSR count). The van der Waals surface area contributed by atoms with Gasteiger partial charge in [-0.05, 0) is 27.9 Å². The lowest BCUT2D eigenvalue weighted by Gasteiger charge is -2.27. The zero-order chi connectivity index (χ0) is 14.6. The fourth-order valence-electron chi connectivity index (χ4n) is 1.80. The van der Waals surface area contributed by atoms with Crippen LogP contribution >= 0.6 is 11.6 Å². The number of hydrogen-bond donors (Lipinski definition) is 2. The van der Waals surface area contributed by atoms with Crippen LogP contribution in [0.15, 0.2) is 0 Å². The molecular formula is C12H19ClN4O2. The molecule has 0 bridgehead atoms. The average molecular weight is 287 g/mol. The number of aldehydes is 1. The first-order chi connectivity index (χ1) is 8.75. The Kier molecular flexibility index (Phi) is 5.22. The van der Waals surface area contributed by atoms with E-state index in [1.165, 1.54) is 0 Å². The van der Waals surface area contributed by atoms with Crippen molar-refractivity contribution in [2.24, 2.45) is 0 Å². The van der Waals surface area contributed by atoms with Gasteiger partial charge in [-0.3, -0.25) is 4.79 Å². The molecule has 106 valence electrons. The molecule has 0 saturated carbocycles. The third-order valence-electron chi connectivity index (χ3n) is 2.42. The fraction of sp³-hybridized carbons (Fsp3) is 0.583. The average Bonchev–Trinajstić information content (AvgIpc) is 2.24. The van der Waals surface area contributed by atoms with Crippen molar-refractivity contribution in [1.82, 2.24) is 14.9 Å². The second kappa shape index (κ2) is 6.27. The van der Waals surface area contributed by atoms with Gasteiger partial charge in [-0.15, -0.1) is 0 Å². The first-order valence-corrected chi connectivity index (χ1v) is 6.23. The summed E-state index contributed by atoms with van der Waals surface area (Å²) < 4.78 is 0. The standard InChI is InChI=1S/C12H19ClN4O2/c1-8-15-10(13)9(5-18)11(16-8)14-6-12(2,19)7-17(3)4/h5,19H,6-7H2,1-4H3,(H,14,15,16). The summed E-state index contributed by atoms with van der Waals surface area (Å²) in [5, 5.41) is 13.2. The molecule has 6 nitrogen and oxygen atoms in total. The lowest BCUT2D eigenvalue weighted by molar-refractivity contribution is 0.0458. The summed E-state index contributed by atoms with van der Waals surface area (Å²) in [6.07, 6.45) is 0.602. The molecular weight excluding hydrogens is 268 g/mol. The second-order valence-electron chi connectivity index (χ2n) is 5.03. The largest absolute Gasteiger partial charge is 0.387 e. The predicted molar refractivity (Wildman–Crippen MR) is 74.8 cm³/mol. The Morgan fingerprint density at radius 2 is 2.11 bits per heavy atom. The normalized spacial score (nSPS) is 14.3. The van der Waals surface area contributed by atoms with Gasteiger partial charge in [-0.25, -0.2) is 9.97 Å². The number of carbonyl (C=O) groups excluding carboxylic acids is 1. The number of rotatable bonds is 6. The monoisotopic (exact) mass is 286 g/mol. The van der Waals surface area contributed by atoms with Crippen LogP contribution in [-0.2, 0) is 0 Å². The zero-order valence-electron chi connectivity index (χ0n) is 11.6. The number of carbonyl (C=O) groups is 1. The van der Waals surface area contributed by atoms with Gasteiger partial charge in [0, 0.05) is 13.1 Å². The molecule has 0 amide bonds. The SMILES string of the molecule is Cc1nc(Cl)c(C=O)c(NCC(C)(O)CN(C)C)n1. The van der Waals surface area contributed by atoms with Crippen LogP contribution in [0.25, 0.3) is 0 Å². The predicted octanol–water partition coefficient (Wildman–Crippen LogP) is 0.975. The number of likely N-dealkylation sites (N-methyl/N-ethyl adjacent to an activating group) is 1. The molecule has 2 N–H and O–H groups in total. The van der Waals surface area contributed by atoms with Crippen molar-refractivity contribution in [1.29, 1.82) is 0 Å². The van der Waals surface area contributed by atoms with Gasteiger partial charge in [0.1, 0.15) is 16.8 Å². The van der Waals surface area contributed by atoms with Crippen molar-refractivity contribution >= 4 is 23.7 Å². The highest BCUT2D eigenvalue weighted by Gasteiger charge is 2.22. The third kappa shape index (κ3) is 4.74. The van der Waals surface area contributed by atoms with Gasteiger partial charge in [-0.2, -0.15) is 0 Å². The summed E-state index contributed by atoms with van der Waals surface area (Å²) in [7, 11) is 3.74. The highest BCUT2D eigenvalue weighted by atomic mass is 35.5. The molecule has 0 radical (unpaired) electrons. The van der Waals surface area contributed by atoms with E-state index in [2.05, 4.69) is 15.3 Å². The Hall–Kier alpha value is -1.24. The molecule has 19 heavy (non-hydrogen) atoms. The van der Waals surface area contributed by atoms with E-state index in [9.17, 15) is 9.90 Å². The van der Waals surface area contributed by atoms with E-state index in [0.29, 0.717) is 24.5 Å². The van der Waals surface area contributed by atoms with E-state index in [4.69, 9.17) is 11.6 Å². The molecule has 0 aliphatic rings. The van der Waals surface area contributed by atoms with E-state index < -0.39 is 5.60 Å². The quantitative estimate of drug-likeness (QED) is 0.599. The van der Waals surface area contributed by atoms with Crippen molar-refractivity contribution in [3.63, 3.8) is 0 Å². The molecule has 0 saturated heterocycles. The van der Waals surface area contributed by atoms with Crippen LogP contribution in [0.4, 0.5) is 5.82 Å². The molecule has 1 atom stereocenters. The summed E-state index contributed by atoms with van der Waals surface area (Å²) >= 11 is 5.88. The lowest BCUT2D eigenvalue weighted by atomic mass is 10.1. The molecule has 7 heteroatoms. The van der Waals surface area contributed by atoms with E-state index in [0.717, 1.165) is 0 Å². The number of aromatic nitrogens is 2. The van der Waals surface area contributed by atoms with Gasteiger partial charge in [0.25, 0.3) is 0 Å². The summed E-state index contributed by atoms with van der Waals surface area (Å²) in [6, 6.07) is 0. The van der Waals surface area contributed by atoms with Gasteiger partial charge < -0.3 is 15.3 Å². The molecule has 1 aromatic rings. The first kappa shape index (κ1) is 15.8. The van der Waals surface area contributed by atoms with Gasteiger partial charge in [0.05, 0.1) is 11.2 Å². The van der Waals surface area contributed by atoms with Crippen molar-refractivity contribution in [2.45, 2.75) is 19.4 Å². The van der Waals surface area contributed by atoms with Crippen molar-refractivity contribution in [2.75, 3.05) is 32.5 Å². The Morgan fingerprint density at radius 3 is 2.63 bits per heavy atom. The maximum atomic E-state index is 11.0. The van der Waals surface area contributed by atoms with Crippen LogP contribution in [0.3, 0.4) is 0 Å².